The average molecular weight is 379 g/mol. The summed E-state index contributed by atoms with van der Waals surface area (Å²) >= 11 is 0. The number of aliphatic carboxylic acids is 1. The van der Waals surface area contributed by atoms with Crippen molar-refractivity contribution in [3.63, 3.8) is 0 Å². The molecule has 0 radical (unpaired) electrons. The van der Waals surface area contributed by atoms with Crippen LogP contribution in [-0.4, -0.2) is 33.5 Å². The summed E-state index contributed by atoms with van der Waals surface area (Å²) in [4.78, 5) is 10.9. The molecule has 3 N–H and O–H groups in total. The lowest BCUT2D eigenvalue weighted by molar-refractivity contribution is -0.172. The molecule has 4 aliphatic carbocycles. The number of hydrogen-bond acceptors (Lipinski definition) is 3. The maximum atomic E-state index is 11.2. The van der Waals surface area contributed by atoms with Gasteiger partial charge in [-0.2, -0.15) is 0 Å². The van der Waals surface area contributed by atoms with E-state index in [1.54, 1.807) is 0 Å². The Morgan fingerprint density at radius 1 is 0.963 bits per heavy atom. The molecule has 0 aromatic carbocycles. The second-order valence-corrected chi connectivity index (χ2v) is 10.8. The van der Waals surface area contributed by atoms with Crippen LogP contribution in [0.25, 0.3) is 0 Å². The van der Waals surface area contributed by atoms with Crippen molar-refractivity contribution < 1.29 is 20.1 Å². The van der Waals surface area contributed by atoms with Gasteiger partial charge < -0.3 is 15.3 Å². The Hall–Kier alpha value is -0.610. The van der Waals surface area contributed by atoms with Crippen molar-refractivity contribution in [3.05, 3.63) is 0 Å². The Morgan fingerprint density at radius 2 is 1.67 bits per heavy atom. The molecule has 0 bridgehead atoms. The van der Waals surface area contributed by atoms with Crippen molar-refractivity contribution in [1.82, 2.24) is 0 Å². The van der Waals surface area contributed by atoms with E-state index in [9.17, 15) is 15.0 Å². The molecular weight excluding hydrogens is 340 g/mol. The molecule has 0 aromatic rings. The first kappa shape index (κ1) is 19.7. The van der Waals surface area contributed by atoms with E-state index in [4.69, 9.17) is 5.11 Å². The molecule has 4 saturated carbocycles. The first-order valence-corrected chi connectivity index (χ1v) is 11.3. The Bertz CT molecular complexity index is 577. The normalized spacial score (nSPS) is 51.9. The van der Waals surface area contributed by atoms with Crippen molar-refractivity contribution in [2.24, 2.45) is 40.4 Å². The van der Waals surface area contributed by atoms with Crippen molar-refractivity contribution in [2.45, 2.75) is 96.7 Å². The number of rotatable bonds is 4. The molecule has 154 valence electrons. The van der Waals surface area contributed by atoms with E-state index < -0.39 is 5.97 Å². The van der Waals surface area contributed by atoms with Gasteiger partial charge in [-0.15, -0.1) is 0 Å². The van der Waals surface area contributed by atoms with Gasteiger partial charge in [0.25, 0.3) is 0 Å². The van der Waals surface area contributed by atoms with Gasteiger partial charge in [0.2, 0.25) is 0 Å². The Labute approximate surface area is 163 Å². The first-order chi connectivity index (χ1) is 12.8. The molecule has 0 aliphatic heterocycles. The molecule has 0 heterocycles. The number of fused-ring (bicyclic) bond motifs is 5. The summed E-state index contributed by atoms with van der Waals surface area (Å²) < 4.78 is 0. The SMILES string of the molecule is C[C@]12CC[C@H]3[C@@H]([C@@H](O)CC4C[C@H](O)CC[C@@]43C)[C@@H]1CC[C@@H]2CCCC(=O)O. The molecule has 0 aromatic heterocycles. The highest BCUT2D eigenvalue weighted by Crippen LogP contribution is 2.67. The molecule has 4 aliphatic rings. The van der Waals surface area contributed by atoms with E-state index >= 15 is 0 Å². The van der Waals surface area contributed by atoms with E-state index in [1.807, 2.05) is 0 Å². The Kier molecular flexibility index (Phi) is 5.12. The van der Waals surface area contributed by atoms with E-state index in [-0.39, 0.29) is 29.5 Å². The topological polar surface area (TPSA) is 77.8 Å². The van der Waals surface area contributed by atoms with Gasteiger partial charge in [0.05, 0.1) is 12.2 Å². The van der Waals surface area contributed by atoms with E-state index in [1.165, 1.54) is 25.7 Å². The van der Waals surface area contributed by atoms with E-state index in [0.29, 0.717) is 29.6 Å². The predicted octanol–water partition coefficient (Wildman–Crippen LogP) is 4.23. The summed E-state index contributed by atoms with van der Waals surface area (Å²) in [6.45, 7) is 4.90. The van der Waals surface area contributed by atoms with E-state index in [0.717, 1.165) is 38.5 Å². The second-order valence-electron chi connectivity index (χ2n) is 10.8. The highest BCUT2D eigenvalue weighted by molar-refractivity contribution is 5.66. The largest absolute Gasteiger partial charge is 0.481 e. The average Bonchev–Trinajstić information content (AvgIpc) is 2.93. The minimum Gasteiger partial charge on any atom is -0.481 e. The fourth-order valence-electron chi connectivity index (χ4n) is 8.28. The number of carbonyl (C=O) groups is 1. The van der Waals surface area contributed by atoms with Crippen molar-refractivity contribution in [3.8, 4) is 0 Å². The fraction of sp³-hybridized carbons (Fsp3) is 0.957. The highest BCUT2D eigenvalue weighted by atomic mass is 16.4. The maximum Gasteiger partial charge on any atom is 0.303 e. The van der Waals surface area contributed by atoms with Crippen LogP contribution in [0.2, 0.25) is 0 Å². The third-order valence-corrected chi connectivity index (χ3v) is 9.80. The molecular formula is C23H38O4. The molecule has 0 saturated heterocycles. The van der Waals surface area contributed by atoms with Crippen molar-refractivity contribution >= 4 is 5.97 Å². The van der Waals surface area contributed by atoms with Crippen LogP contribution in [0.3, 0.4) is 0 Å². The van der Waals surface area contributed by atoms with Crippen molar-refractivity contribution in [1.29, 1.82) is 0 Å². The molecule has 9 atom stereocenters. The van der Waals surface area contributed by atoms with E-state index in [2.05, 4.69) is 13.8 Å². The monoisotopic (exact) mass is 378 g/mol. The highest BCUT2D eigenvalue weighted by Gasteiger charge is 2.62. The van der Waals surface area contributed by atoms with Gasteiger partial charge >= 0.3 is 5.97 Å². The number of aliphatic hydroxyl groups is 2. The predicted molar refractivity (Wildman–Crippen MR) is 104 cm³/mol. The quantitative estimate of drug-likeness (QED) is 0.684. The fourth-order valence-corrected chi connectivity index (χ4v) is 8.28. The number of carboxylic acids is 1. The minimum absolute atomic E-state index is 0.175. The van der Waals surface area contributed by atoms with Gasteiger partial charge in [0.15, 0.2) is 0 Å². The number of hydrogen-bond donors (Lipinski definition) is 3. The number of carboxylic acid groups (broad SMARTS) is 1. The molecule has 4 fully saturated rings. The van der Waals surface area contributed by atoms with Crippen LogP contribution in [0, 0.1) is 40.4 Å². The smallest absolute Gasteiger partial charge is 0.303 e. The molecule has 4 nitrogen and oxygen atoms in total. The van der Waals surface area contributed by atoms with Crippen LogP contribution in [0.4, 0.5) is 0 Å². The first-order valence-electron chi connectivity index (χ1n) is 11.3. The van der Waals surface area contributed by atoms with Crippen LogP contribution < -0.4 is 0 Å². The summed E-state index contributed by atoms with van der Waals surface area (Å²) in [7, 11) is 0. The standard InChI is InChI=1S/C23H38O4/c1-22-11-9-18-21(17(22)7-6-14(22)4-3-5-20(26)27)19(25)13-15-12-16(24)8-10-23(15,18)2/h14-19,21,24-25H,3-13H2,1-2H3,(H,26,27)/t14-,15?,16+,17-,18-,19-,21-,22+,23-/m0/s1. The van der Waals surface area contributed by atoms with Gasteiger partial charge in [-0.3, -0.25) is 4.79 Å². The maximum absolute atomic E-state index is 11.2. The van der Waals surface area contributed by atoms with Gasteiger partial charge in [-0.25, -0.2) is 0 Å². The Morgan fingerprint density at radius 3 is 2.41 bits per heavy atom. The van der Waals surface area contributed by atoms with Gasteiger partial charge in [-0.1, -0.05) is 13.8 Å². The summed E-state index contributed by atoms with van der Waals surface area (Å²) in [5.74, 6) is 1.99. The number of aliphatic hydroxyl groups excluding tert-OH is 2. The lowest BCUT2D eigenvalue weighted by Crippen LogP contribution is -2.58. The van der Waals surface area contributed by atoms with Crippen molar-refractivity contribution in [2.75, 3.05) is 0 Å². The van der Waals surface area contributed by atoms with Crippen LogP contribution in [0.15, 0.2) is 0 Å². The summed E-state index contributed by atoms with van der Waals surface area (Å²) in [6.07, 6.45) is 10.3. The van der Waals surface area contributed by atoms with Crippen LogP contribution in [0.5, 0.6) is 0 Å². The lowest BCUT2D eigenvalue weighted by atomic mass is 9.44. The lowest BCUT2D eigenvalue weighted by Gasteiger charge is -2.62. The molecule has 0 spiro atoms. The second kappa shape index (κ2) is 7.02. The van der Waals surface area contributed by atoms with Crippen LogP contribution in [-0.2, 0) is 4.79 Å². The van der Waals surface area contributed by atoms with Crippen LogP contribution >= 0.6 is 0 Å². The molecule has 0 amide bonds. The van der Waals surface area contributed by atoms with Gasteiger partial charge in [0.1, 0.15) is 0 Å². The minimum atomic E-state index is -0.681. The third-order valence-electron chi connectivity index (χ3n) is 9.80. The molecule has 1 unspecified atom stereocenters. The Balaban J connectivity index is 1.53. The zero-order valence-corrected chi connectivity index (χ0v) is 17.1. The summed E-state index contributed by atoms with van der Waals surface area (Å²) in [6, 6.07) is 0. The third kappa shape index (κ3) is 3.15. The van der Waals surface area contributed by atoms with Gasteiger partial charge in [0, 0.05) is 6.42 Å². The summed E-state index contributed by atoms with van der Waals surface area (Å²) in [5, 5.41) is 30.3. The zero-order chi connectivity index (χ0) is 19.4. The molecule has 27 heavy (non-hydrogen) atoms. The van der Waals surface area contributed by atoms with Crippen LogP contribution in [0.1, 0.15) is 84.5 Å². The molecule has 4 heteroatoms. The zero-order valence-electron chi connectivity index (χ0n) is 17.1. The molecule has 4 rings (SSSR count). The summed E-state index contributed by atoms with van der Waals surface area (Å²) in [5.41, 5.74) is 0.559. The van der Waals surface area contributed by atoms with Gasteiger partial charge in [-0.05, 0) is 105 Å².